The third kappa shape index (κ3) is 2.19. The summed E-state index contributed by atoms with van der Waals surface area (Å²) in [6.07, 6.45) is 0. The van der Waals surface area contributed by atoms with Crippen LogP contribution in [0.1, 0.15) is 0 Å². The Morgan fingerprint density at radius 3 is 2.50 bits per heavy atom. The molecule has 5 heteroatoms. The van der Waals surface area contributed by atoms with Crippen LogP contribution in [0.25, 0.3) is 0 Å². The quantitative estimate of drug-likeness (QED) is 0.572. The molecule has 0 bridgehead atoms. The predicted molar refractivity (Wildman–Crippen MR) is 45.0 cm³/mol. The Morgan fingerprint density at radius 1 is 1.42 bits per heavy atom. The molecule has 1 heterocycles. The van der Waals surface area contributed by atoms with Gasteiger partial charge in [0.25, 0.3) is 0 Å². The molecule has 0 aromatic heterocycles. The summed E-state index contributed by atoms with van der Waals surface area (Å²) in [6, 6.07) is 0. The second-order valence-corrected chi connectivity index (χ2v) is 4.16. The number of ether oxygens (including phenoxy) is 1. The Bertz CT molecular complexity index is 284. The summed E-state index contributed by atoms with van der Waals surface area (Å²) in [5, 5.41) is 0.984. The molecule has 1 rings (SSSR count). The lowest BCUT2D eigenvalue weighted by molar-refractivity contribution is 0.0735. The van der Waals surface area contributed by atoms with Crippen molar-refractivity contribution >= 4 is 10.0 Å². The Kier molecular flexibility index (Phi) is 3.05. The van der Waals surface area contributed by atoms with Crippen LogP contribution >= 0.6 is 0 Å². The first-order valence-electron chi connectivity index (χ1n) is 3.60. The van der Waals surface area contributed by atoms with Gasteiger partial charge in [-0.15, -0.1) is 5.73 Å². The summed E-state index contributed by atoms with van der Waals surface area (Å²) >= 11 is 0. The average Bonchev–Trinajstić information content (AvgIpc) is 2.06. The van der Waals surface area contributed by atoms with Crippen molar-refractivity contribution in [1.82, 2.24) is 4.31 Å². The number of hydrogen-bond donors (Lipinski definition) is 0. The molecule has 0 aliphatic carbocycles. The number of nitrogens with zero attached hydrogens (tertiary/aromatic N) is 1. The molecule has 4 nitrogen and oxygen atoms in total. The van der Waals surface area contributed by atoms with Gasteiger partial charge in [-0.1, -0.05) is 6.58 Å². The van der Waals surface area contributed by atoms with E-state index in [1.165, 1.54) is 4.31 Å². The van der Waals surface area contributed by atoms with Crippen molar-refractivity contribution in [3.8, 4) is 0 Å². The highest BCUT2D eigenvalue weighted by Gasteiger charge is 2.21. The second kappa shape index (κ2) is 3.87. The zero-order valence-corrected chi connectivity index (χ0v) is 7.51. The fourth-order valence-electron chi connectivity index (χ4n) is 0.981. The van der Waals surface area contributed by atoms with Crippen molar-refractivity contribution in [3.05, 3.63) is 17.7 Å². The summed E-state index contributed by atoms with van der Waals surface area (Å²) in [7, 11) is -3.28. The van der Waals surface area contributed by atoms with E-state index in [0.29, 0.717) is 26.3 Å². The molecule has 0 saturated carbocycles. The molecule has 1 fully saturated rings. The molecule has 1 saturated heterocycles. The van der Waals surface area contributed by atoms with Gasteiger partial charge in [-0.25, -0.2) is 8.42 Å². The van der Waals surface area contributed by atoms with Gasteiger partial charge >= 0.3 is 0 Å². The van der Waals surface area contributed by atoms with E-state index in [4.69, 9.17) is 4.74 Å². The second-order valence-electron chi connectivity index (χ2n) is 2.38. The minimum absolute atomic E-state index is 0.417. The van der Waals surface area contributed by atoms with Crippen LogP contribution < -0.4 is 0 Å². The van der Waals surface area contributed by atoms with Gasteiger partial charge in [0.1, 0.15) is 0 Å². The number of hydrogen-bond acceptors (Lipinski definition) is 3. The Labute approximate surface area is 72.2 Å². The highest BCUT2D eigenvalue weighted by atomic mass is 32.2. The van der Waals surface area contributed by atoms with Crippen LogP contribution in [0, 0.1) is 0 Å². The summed E-state index contributed by atoms with van der Waals surface area (Å²) in [5.41, 5.74) is 2.26. The van der Waals surface area contributed by atoms with Crippen LogP contribution in [0.15, 0.2) is 17.7 Å². The van der Waals surface area contributed by atoms with Gasteiger partial charge in [0, 0.05) is 13.1 Å². The number of morpholine rings is 1. The predicted octanol–water partition coefficient (Wildman–Crippen LogP) is -0.0530. The van der Waals surface area contributed by atoms with Gasteiger partial charge in [0.2, 0.25) is 10.0 Å². The molecule has 0 amide bonds. The van der Waals surface area contributed by atoms with E-state index in [2.05, 4.69) is 12.3 Å². The van der Waals surface area contributed by atoms with Crippen molar-refractivity contribution in [3.63, 3.8) is 0 Å². The highest BCUT2D eigenvalue weighted by Crippen LogP contribution is 2.05. The first-order chi connectivity index (χ1) is 5.67. The van der Waals surface area contributed by atoms with Crippen LogP contribution in [0.5, 0.6) is 0 Å². The van der Waals surface area contributed by atoms with Gasteiger partial charge < -0.3 is 4.74 Å². The number of rotatable bonds is 2. The third-order valence-electron chi connectivity index (χ3n) is 1.56. The van der Waals surface area contributed by atoms with Crippen molar-refractivity contribution in [2.75, 3.05) is 26.3 Å². The normalized spacial score (nSPS) is 20.0. The molecule has 0 unspecified atom stereocenters. The molecule has 0 spiro atoms. The van der Waals surface area contributed by atoms with Crippen LogP contribution in [-0.2, 0) is 14.8 Å². The van der Waals surface area contributed by atoms with Crippen molar-refractivity contribution in [2.24, 2.45) is 0 Å². The first kappa shape index (κ1) is 9.48. The van der Waals surface area contributed by atoms with E-state index in [1.807, 2.05) is 0 Å². The maximum absolute atomic E-state index is 11.3. The van der Waals surface area contributed by atoms with Gasteiger partial charge in [-0.2, -0.15) is 4.31 Å². The Hall–Kier alpha value is -0.610. The molecule has 0 radical (unpaired) electrons. The summed E-state index contributed by atoms with van der Waals surface area (Å²) in [5.74, 6) is 0. The van der Waals surface area contributed by atoms with Crippen molar-refractivity contribution < 1.29 is 13.2 Å². The van der Waals surface area contributed by atoms with Crippen LogP contribution in [0.4, 0.5) is 0 Å². The lowest BCUT2D eigenvalue weighted by Gasteiger charge is -2.23. The zero-order chi connectivity index (χ0) is 9.03. The van der Waals surface area contributed by atoms with Crippen molar-refractivity contribution in [1.29, 1.82) is 0 Å². The molecule has 0 atom stereocenters. The molecule has 0 aromatic rings. The maximum atomic E-state index is 11.3. The molecule has 1 aliphatic heterocycles. The molecule has 12 heavy (non-hydrogen) atoms. The van der Waals surface area contributed by atoms with E-state index in [-0.39, 0.29) is 0 Å². The fourth-order valence-corrected chi connectivity index (χ4v) is 2.00. The number of sulfonamides is 1. The van der Waals surface area contributed by atoms with Gasteiger partial charge in [-0.05, 0) is 0 Å². The monoisotopic (exact) mass is 189 g/mol. The van der Waals surface area contributed by atoms with E-state index < -0.39 is 10.0 Å². The minimum atomic E-state index is -3.28. The standard InChI is InChI=1S/C7H11NO3S/c1-2-7-12(9,10)8-3-5-11-6-4-8/h7H,1,3-6H2. The molecule has 68 valence electrons. The van der Waals surface area contributed by atoms with E-state index in [0.717, 1.165) is 5.41 Å². The fraction of sp³-hybridized carbons (Fsp3) is 0.571. The molecule has 1 aliphatic rings. The third-order valence-corrected chi connectivity index (χ3v) is 3.11. The zero-order valence-electron chi connectivity index (χ0n) is 6.69. The van der Waals surface area contributed by atoms with E-state index in [1.54, 1.807) is 0 Å². The Balaban J connectivity index is 2.73. The van der Waals surface area contributed by atoms with Gasteiger partial charge in [0.05, 0.1) is 18.6 Å². The molecule has 0 N–H and O–H groups in total. The first-order valence-corrected chi connectivity index (χ1v) is 5.11. The Morgan fingerprint density at radius 2 is 2.00 bits per heavy atom. The van der Waals surface area contributed by atoms with Crippen LogP contribution in [0.2, 0.25) is 0 Å². The lowest BCUT2D eigenvalue weighted by Crippen LogP contribution is -2.39. The van der Waals surface area contributed by atoms with Crippen LogP contribution in [-0.4, -0.2) is 39.0 Å². The lowest BCUT2D eigenvalue weighted by atomic mass is 10.5. The molecule has 0 aromatic carbocycles. The van der Waals surface area contributed by atoms with Gasteiger partial charge in [0.15, 0.2) is 0 Å². The van der Waals surface area contributed by atoms with Gasteiger partial charge in [-0.3, -0.25) is 0 Å². The smallest absolute Gasteiger partial charge is 0.243 e. The van der Waals surface area contributed by atoms with Crippen molar-refractivity contribution in [2.45, 2.75) is 0 Å². The highest BCUT2D eigenvalue weighted by molar-refractivity contribution is 7.92. The average molecular weight is 189 g/mol. The topological polar surface area (TPSA) is 46.6 Å². The summed E-state index contributed by atoms with van der Waals surface area (Å²) < 4.78 is 29.0. The van der Waals surface area contributed by atoms with E-state index >= 15 is 0 Å². The summed E-state index contributed by atoms with van der Waals surface area (Å²) in [6.45, 7) is 4.98. The molecular weight excluding hydrogens is 178 g/mol. The SMILES string of the molecule is C=C=CS(=O)(=O)N1CCOCC1. The summed E-state index contributed by atoms with van der Waals surface area (Å²) in [4.78, 5) is 0. The largest absolute Gasteiger partial charge is 0.379 e. The van der Waals surface area contributed by atoms with E-state index in [9.17, 15) is 8.42 Å². The maximum Gasteiger partial charge on any atom is 0.243 e. The minimum Gasteiger partial charge on any atom is -0.379 e. The molecular formula is C7H11NO3S. The van der Waals surface area contributed by atoms with Crippen LogP contribution in [0.3, 0.4) is 0 Å².